The van der Waals surface area contributed by atoms with Crippen LogP contribution in [0.25, 0.3) is 0 Å². The van der Waals surface area contributed by atoms with Crippen molar-refractivity contribution in [1.29, 1.82) is 0 Å². The molecule has 0 aromatic heterocycles. The van der Waals surface area contributed by atoms with E-state index in [4.69, 9.17) is 4.74 Å². The number of hydrogen-bond acceptors (Lipinski definition) is 5. The van der Waals surface area contributed by atoms with Crippen LogP contribution < -0.4 is 0 Å². The molecule has 0 bridgehead atoms. The van der Waals surface area contributed by atoms with Gasteiger partial charge in [-0.25, -0.2) is 4.79 Å². The van der Waals surface area contributed by atoms with Crippen molar-refractivity contribution in [2.75, 3.05) is 32.6 Å². The van der Waals surface area contributed by atoms with Gasteiger partial charge in [0.15, 0.2) is 6.10 Å². The lowest BCUT2D eigenvalue weighted by Crippen LogP contribution is -2.51. The van der Waals surface area contributed by atoms with Crippen LogP contribution in [0.5, 0.6) is 0 Å². The molecule has 0 radical (unpaired) electrons. The molecule has 0 spiro atoms. The van der Waals surface area contributed by atoms with E-state index in [1.54, 1.807) is 16.7 Å². The number of hydrogen-bond donors (Lipinski definition) is 0. The van der Waals surface area contributed by atoms with Gasteiger partial charge in [0.25, 0.3) is 0 Å². The minimum Gasteiger partial charge on any atom is -0.467 e. The van der Waals surface area contributed by atoms with Gasteiger partial charge in [-0.1, -0.05) is 6.42 Å². The maximum atomic E-state index is 12.3. The van der Waals surface area contributed by atoms with Gasteiger partial charge in [-0.2, -0.15) is 0 Å². The van der Waals surface area contributed by atoms with E-state index >= 15 is 0 Å². The van der Waals surface area contributed by atoms with E-state index < -0.39 is 12.1 Å². The average Bonchev–Trinajstić information content (AvgIpc) is 2.46. The molecule has 0 N–H and O–H groups in total. The van der Waals surface area contributed by atoms with Crippen LogP contribution in [0.2, 0.25) is 0 Å². The molecule has 0 aromatic rings. The van der Waals surface area contributed by atoms with Crippen molar-refractivity contribution >= 4 is 23.6 Å². The van der Waals surface area contributed by atoms with Crippen LogP contribution >= 0.6 is 11.8 Å². The Labute approximate surface area is 111 Å². The van der Waals surface area contributed by atoms with Crippen LogP contribution in [0.15, 0.2) is 0 Å². The molecule has 2 fully saturated rings. The first-order valence-electron chi connectivity index (χ1n) is 6.32. The first-order chi connectivity index (χ1) is 8.72. The monoisotopic (exact) mass is 273 g/mol. The van der Waals surface area contributed by atoms with Crippen molar-refractivity contribution in [3.8, 4) is 0 Å². The van der Waals surface area contributed by atoms with E-state index in [2.05, 4.69) is 4.74 Å². The normalized spacial score (nSPS) is 28.8. The zero-order chi connectivity index (χ0) is 13.0. The first kappa shape index (κ1) is 13.7. The van der Waals surface area contributed by atoms with Gasteiger partial charge < -0.3 is 14.4 Å². The number of esters is 1. The fourth-order valence-electron chi connectivity index (χ4n) is 2.26. The standard InChI is InChI=1S/C12H19NO4S/c1-16-12(15)9-8-13(5-6-17-9)11(14)10-4-2-3-7-18-10/h9-10H,2-8H2,1H3. The number of thioether (sulfide) groups is 1. The maximum Gasteiger partial charge on any atom is 0.336 e. The molecule has 2 heterocycles. The number of nitrogens with zero attached hydrogens (tertiary/aromatic N) is 1. The Bertz CT molecular complexity index is 317. The summed E-state index contributed by atoms with van der Waals surface area (Å²) in [6.45, 7) is 1.30. The fraction of sp³-hybridized carbons (Fsp3) is 0.833. The van der Waals surface area contributed by atoms with Crippen LogP contribution in [-0.2, 0) is 19.1 Å². The van der Waals surface area contributed by atoms with Crippen LogP contribution in [-0.4, -0.2) is 60.7 Å². The predicted octanol–water partition coefficient (Wildman–Crippen LogP) is 0.672. The second kappa shape index (κ2) is 6.43. The molecule has 2 aliphatic rings. The molecular formula is C12H19NO4S. The second-order valence-corrected chi connectivity index (χ2v) is 5.83. The molecule has 2 saturated heterocycles. The third-order valence-electron chi connectivity index (χ3n) is 3.30. The van der Waals surface area contributed by atoms with Gasteiger partial charge >= 0.3 is 5.97 Å². The van der Waals surface area contributed by atoms with Gasteiger partial charge in [0, 0.05) is 6.54 Å². The van der Waals surface area contributed by atoms with Crippen molar-refractivity contribution in [3.63, 3.8) is 0 Å². The number of carbonyl (C=O) groups excluding carboxylic acids is 2. The minimum atomic E-state index is -0.624. The molecule has 2 rings (SSSR count). The summed E-state index contributed by atoms with van der Waals surface area (Å²) in [6.07, 6.45) is 2.64. The molecule has 0 saturated carbocycles. The van der Waals surface area contributed by atoms with Crippen LogP contribution in [0.3, 0.4) is 0 Å². The summed E-state index contributed by atoms with van der Waals surface area (Å²) in [5, 5.41) is 0.0650. The third-order valence-corrected chi connectivity index (χ3v) is 4.66. The quantitative estimate of drug-likeness (QED) is 0.692. The van der Waals surface area contributed by atoms with Crippen LogP contribution in [0.4, 0.5) is 0 Å². The highest BCUT2D eigenvalue weighted by Crippen LogP contribution is 2.27. The molecule has 0 aliphatic carbocycles. The predicted molar refractivity (Wildman–Crippen MR) is 68.4 cm³/mol. The summed E-state index contributed by atoms with van der Waals surface area (Å²) in [6, 6.07) is 0. The topological polar surface area (TPSA) is 55.8 Å². The lowest BCUT2D eigenvalue weighted by molar-refractivity contribution is -0.162. The third kappa shape index (κ3) is 3.17. The lowest BCUT2D eigenvalue weighted by Gasteiger charge is -2.34. The lowest BCUT2D eigenvalue weighted by atomic mass is 10.1. The van der Waals surface area contributed by atoms with E-state index in [1.165, 1.54) is 13.5 Å². The number of carbonyl (C=O) groups is 2. The molecule has 102 valence electrons. The summed E-state index contributed by atoms with van der Waals surface area (Å²) >= 11 is 1.73. The van der Waals surface area contributed by atoms with Crippen LogP contribution in [0, 0.1) is 0 Å². The van der Waals surface area contributed by atoms with E-state index in [9.17, 15) is 9.59 Å². The Kier molecular flexibility index (Phi) is 4.88. The summed E-state index contributed by atoms with van der Waals surface area (Å²) in [5.74, 6) is 0.807. The maximum absolute atomic E-state index is 12.3. The summed E-state index contributed by atoms with van der Waals surface area (Å²) < 4.78 is 9.98. The number of amides is 1. The SMILES string of the molecule is COC(=O)C1CN(C(=O)C2CCCCS2)CCO1. The van der Waals surface area contributed by atoms with Gasteiger partial charge in [-0.15, -0.1) is 11.8 Å². The second-order valence-electron chi connectivity index (χ2n) is 4.52. The van der Waals surface area contributed by atoms with Crippen molar-refractivity contribution in [1.82, 2.24) is 4.90 Å². The highest BCUT2D eigenvalue weighted by Gasteiger charge is 2.33. The largest absolute Gasteiger partial charge is 0.467 e. The minimum absolute atomic E-state index is 0.0650. The zero-order valence-electron chi connectivity index (χ0n) is 10.6. The number of methoxy groups -OCH3 is 1. The Balaban J connectivity index is 1.91. The van der Waals surface area contributed by atoms with Crippen molar-refractivity contribution in [3.05, 3.63) is 0 Å². The molecule has 2 unspecified atom stereocenters. The van der Waals surface area contributed by atoms with E-state index in [0.29, 0.717) is 19.7 Å². The molecule has 2 atom stereocenters. The summed E-state index contributed by atoms with van der Waals surface area (Å²) in [5.41, 5.74) is 0. The van der Waals surface area contributed by atoms with Gasteiger partial charge in [0.1, 0.15) is 0 Å². The average molecular weight is 273 g/mol. The number of rotatable bonds is 2. The molecule has 2 aliphatic heterocycles. The van der Waals surface area contributed by atoms with E-state index in [1.807, 2.05) is 0 Å². The van der Waals surface area contributed by atoms with Crippen molar-refractivity contribution in [2.45, 2.75) is 30.6 Å². The number of ether oxygens (including phenoxy) is 2. The molecule has 6 heteroatoms. The molecule has 0 aromatic carbocycles. The van der Waals surface area contributed by atoms with E-state index in [0.717, 1.165) is 18.6 Å². The van der Waals surface area contributed by atoms with Crippen LogP contribution in [0.1, 0.15) is 19.3 Å². The Morgan fingerprint density at radius 3 is 2.89 bits per heavy atom. The number of morpholine rings is 1. The van der Waals surface area contributed by atoms with Gasteiger partial charge in [-0.05, 0) is 18.6 Å². The Hall–Kier alpha value is -0.750. The van der Waals surface area contributed by atoms with Crippen molar-refractivity contribution in [2.24, 2.45) is 0 Å². The summed E-state index contributed by atoms with van der Waals surface area (Å²) in [4.78, 5) is 25.5. The van der Waals surface area contributed by atoms with Gasteiger partial charge in [-0.3, -0.25) is 4.79 Å². The van der Waals surface area contributed by atoms with Gasteiger partial charge in [0.05, 0.1) is 25.5 Å². The van der Waals surface area contributed by atoms with E-state index in [-0.39, 0.29) is 11.2 Å². The highest BCUT2D eigenvalue weighted by molar-refractivity contribution is 8.00. The van der Waals surface area contributed by atoms with Gasteiger partial charge in [0.2, 0.25) is 5.91 Å². The highest BCUT2D eigenvalue weighted by atomic mass is 32.2. The molecular weight excluding hydrogens is 254 g/mol. The smallest absolute Gasteiger partial charge is 0.336 e. The van der Waals surface area contributed by atoms with Crippen molar-refractivity contribution < 1.29 is 19.1 Å². The fourth-order valence-corrected chi connectivity index (χ4v) is 3.54. The summed E-state index contributed by atoms with van der Waals surface area (Å²) in [7, 11) is 1.34. The zero-order valence-corrected chi connectivity index (χ0v) is 11.4. The Morgan fingerprint density at radius 1 is 1.39 bits per heavy atom. The molecule has 18 heavy (non-hydrogen) atoms. The molecule has 5 nitrogen and oxygen atoms in total. The molecule has 1 amide bonds. The first-order valence-corrected chi connectivity index (χ1v) is 7.37. The Morgan fingerprint density at radius 2 is 2.22 bits per heavy atom.